The second-order valence-corrected chi connectivity index (χ2v) is 8.02. The summed E-state index contributed by atoms with van der Waals surface area (Å²) < 4.78 is 1.92. The molecule has 2 heterocycles. The van der Waals surface area contributed by atoms with Gasteiger partial charge in [-0.1, -0.05) is 35.5 Å². The minimum absolute atomic E-state index is 0.0484. The topological polar surface area (TPSA) is 76.4 Å². The summed E-state index contributed by atoms with van der Waals surface area (Å²) in [6.07, 6.45) is 0. The van der Waals surface area contributed by atoms with E-state index < -0.39 is 0 Å². The summed E-state index contributed by atoms with van der Waals surface area (Å²) in [6.45, 7) is 3.50. The van der Waals surface area contributed by atoms with Gasteiger partial charge in [-0.3, -0.25) is 14.0 Å². The Balaban J connectivity index is 1.56. The predicted octanol–water partition coefficient (Wildman–Crippen LogP) is 4.78. The van der Waals surface area contributed by atoms with E-state index in [9.17, 15) is 9.59 Å². The molecule has 146 valence electrons. The second kappa shape index (κ2) is 7.85. The third kappa shape index (κ3) is 3.97. The Hall–Kier alpha value is -2.90. The molecule has 0 unspecified atom stereocenters. The lowest BCUT2D eigenvalue weighted by Crippen LogP contribution is -2.14. The number of aromatic nitrogens is 3. The highest BCUT2D eigenvalue weighted by atomic mass is 35.5. The average Bonchev–Trinajstić information content (AvgIpc) is 3.09. The van der Waals surface area contributed by atoms with Crippen LogP contribution in [-0.2, 0) is 4.79 Å². The third-order valence-electron chi connectivity index (χ3n) is 4.51. The zero-order valence-electron chi connectivity index (χ0n) is 15.8. The van der Waals surface area contributed by atoms with Gasteiger partial charge in [0.2, 0.25) is 5.91 Å². The van der Waals surface area contributed by atoms with Crippen LogP contribution in [0.5, 0.6) is 0 Å². The fourth-order valence-corrected chi connectivity index (χ4v) is 4.05. The van der Waals surface area contributed by atoms with Gasteiger partial charge in [0.05, 0.1) is 11.3 Å². The van der Waals surface area contributed by atoms with E-state index in [2.05, 4.69) is 15.5 Å². The molecule has 6 nitrogen and oxygen atoms in total. The van der Waals surface area contributed by atoms with E-state index in [4.69, 9.17) is 11.6 Å². The molecule has 2 aromatic heterocycles. The molecule has 0 aliphatic carbocycles. The number of carbonyl (C=O) groups excluding carboxylic acids is 2. The Morgan fingerprint density at radius 1 is 1.14 bits per heavy atom. The molecule has 0 saturated heterocycles. The summed E-state index contributed by atoms with van der Waals surface area (Å²) in [4.78, 5) is 23.9. The maximum atomic E-state index is 12.4. The summed E-state index contributed by atoms with van der Waals surface area (Å²) in [5.74, 6) is -0.0757. The first-order valence-electron chi connectivity index (χ1n) is 8.90. The van der Waals surface area contributed by atoms with E-state index in [1.807, 2.05) is 35.6 Å². The number of fused-ring (bicyclic) bond motifs is 3. The normalized spacial score (nSPS) is 11.1. The first-order valence-corrected chi connectivity index (χ1v) is 10.3. The van der Waals surface area contributed by atoms with Crippen molar-refractivity contribution in [3.8, 4) is 0 Å². The Bertz CT molecular complexity index is 1270. The van der Waals surface area contributed by atoms with E-state index in [1.165, 1.54) is 18.7 Å². The molecular formula is C21H17ClN4O2S. The van der Waals surface area contributed by atoms with Gasteiger partial charge in [0.25, 0.3) is 0 Å². The van der Waals surface area contributed by atoms with Crippen LogP contribution in [0.3, 0.4) is 0 Å². The fraction of sp³-hybridized carbons (Fsp3) is 0.143. The predicted molar refractivity (Wildman–Crippen MR) is 116 cm³/mol. The summed E-state index contributed by atoms with van der Waals surface area (Å²) in [6, 6.07) is 14.5. The number of benzene rings is 2. The minimum Gasteiger partial charge on any atom is -0.325 e. The van der Waals surface area contributed by atoms with E-state index in [0.29, 0.717) is 21.4 Å². The van der Waals surface area contributed by atoms with Crippen molar-refractivity contribution < 1.29 is 9.59 Å². The van der Waals surface area contributed by atoms with Crippen molar-refractivity contribution in [1.29, 1.82) is 0 Å². The van der Waals surface area contributed by atoms with Gasteiger partial charge in [-0.25, -0.2) is 0 Å². The van der Waals surface area contributed by atoms with Crippen molar-refractivity contribution in [2.24, 2.45) is 0 Å². The van der Waals surface area contributed by atoms with E-state index >= 15 is 0 Å². The van der Waals surface area contributed by atoms with Crippen molar-refractivity contribution in [2.75, 3.05) is 11.1 Å². The molecule has 2 aromatic carbocycles. The number of halogens is 1. The Morgan fingerprint density at radius 3 is 2.76 bits per heavy atom. The van der Waals surface area contributed by atoms with Crippen molar-refractivity contribution in [3.63, 3.8) is 0 Å². The summed E-state index contributed by atoms with van der Waals surface area (Å²) in [7, 11) is 0. The van der Waals surface area contributed by atoms with Crippen LogP contribution in [0.4, 0.5) is 5.69 Å². The highest BCUT2D eigenvalue weighted by molar-refractivity contribution is 7.99. The molecule has 4 rings (SSSR count). The van der Waals surface area contributed by atoms with Gasteiger partial charge in [0.1, 0.15) is 0 Å². The maximum absolute atomic E-state index is 12.4. The summed E-state index contributed by atoms with van der Waals surface area (Å²) >= 11 is 7.44. The minimum atomic E-state index is -0.188. The molecule has 0 spiro atoms. The first kappa shape index (κ1) is 19.4. The number of hydrogen-bond donors (Lipinski definition) is 1. The van der Waals surface area contributed by atoms with Crippen LogP contribution in [0.25, 0.3) is 16.6 Å². The van der Waals surface area contributed by atoms with Crippen molar-refractivity contribution in [1.82, 2.24) is 14.6 Å². The molecule has 1 amide bonds. The second-order valence-electron chi connectivity index (χ2n) is 6.64. The molecule has 8 heteroatoms. The zero-order chi connectivity index (χ0) is 20.5. The Labute approximate surface area is 176 Å². The van der Waals surface area contributed by atoms with Crippen LogP contribution < -0.4 is 5.32 Å². The average molecular weight is 425 g/mol. The van der Waals surface area contributed by atoms with Crippen LogP contribution in [-0.4, -0.2) is 32.0 Å². The lowest BCUT2D eigenvalue weighted by molar-refractivity contribution is -0.113. The molecule has 0 bridgehead atoms. The first-order chi connectivity index (χ1) is 13.9. The van der Waals surface area contributed by atoms with Crippen LogP contribution >= 0.6 is 23.4 Å². The SMILES string of the molecule is CC(=O)c1cccc(NC(=O)CSc2nnc3cc(C)c4cc(Cl)ccc4n23)c1. The number of anilines is 1. The van der Waals surface area contributed by atoms with Gasteiger partial charge in [-0.05, 0) is 55.8 Å². The van der Waals surface area contributed by atoms with Crippen molar-refractivity contribution in [3.05, 3.63) is 64.7 Å². The monoisotopic (exact) mass is 424 g/mol. The van der Waals surface area contributed by atoms with Gasteiger partial charge >= 0.3 is 0 Å². The lowest BCUT2D eigenvalue weighted by Gasteiger charge is -2.08. The number of pyridine rings is 1. The standard InChI is InChI=1S/C21H17ClN4O2S/c1-12-8-19-24-25-21(26(19)18-7-6-15(22)10-17(12)18)29-11-20(28)23-16-5-3-4-14(9-16)13(2)27/h3-10H,11H2,1-2H3,(H,23,28). The van der Waals surface area contributed by atoms with E-state index in [0.717, 1.165) is 22.1 Å². The number of amides is 1. The molecule has 0 saturated carbocycles. The van der Waals surface area contributed by atoms with Crippen molar-refractivity contribution >= 4 is 57.3 Å². The van der Waals surface area contributed by atoms with Gasteiger partial charge in [-0.15, -0.1) is 10.2 Å². The highest BCUT2D eigenvalue weighted by Crippen LogP contribution is 2.28. The number of thioether (sulfide) groups is 1. The number of aryl methyl sites for hydroxylation is 1. The van der Waals surface area contributed by atoms with Crippen LogP contribution in [0.15, 0.2) is 53.7 Å². The van der Waals surface area contributed by atoms with Crippen molar-refractivity contribution in [2.45, 2.75) is 19.0 Å². The number of nitrogens with zero attached hydrogens (tertiary/aromatic N) is 3. The molecule has 0 fully saturated rings. The summed E-state index contributed by atoms with van der Waals surface area (Å²) in [5, 5.41) is 13.6. The van der Waals surface area contributed by atoms with Gasteiger partial charge in [-0.2, -0.15) is 0 Å². The maximum Gasteiger partial charge on any atom is 0.234 e. The number of Topliss-reactive ketones (excluding diaryl/α,β-unsaturated/α-hetero) is 1. The molecule has 0 atom stereocenters. The highest BCUT2D eigenvalue weighted by Gasteiger charge is 2.14. The molecule has 0 aliphatic rings. The molecule has 29 heavy (non-hydrogen) atoms. The molecule has 4 aromatic rings. The van der Waals surface area contributed by atoms with Crippen LogP contribution in [0.2, 0.25) is 5.02 Å². The zero-order valence-corrected chi connectivity index (χ0v) is 17.3. The van der Waals surface area contributed by atoms with Gasteiger partial charge in [0, 0.05) is 21.7 Å². The van der Waals surface area contributed by atoms with E-state index in [-0.39, 0.29) is 17.4 Å². The van der Waals surface area contributed by atoms with E-state index in [1.54, 1.807) is 24.3 Å². The number of ketones is 1. The quantitative estimate of drug-likeness (QED) is 0.368. The smallest absolute Gasteiger partial charge is 0.234 e. The largest absolute Gasteiger partial charge is 0.325 e. The van der Waals surface area contributed by atoms with Crippen LogP contribution in [0, 0.1) is 6.92 Å². The third-order valence-corrected chi connectivity index (χ3v) is 5.68. The Morgan fingerprint density at radius 2 is 1.97 bits per heavy atom. The lowest BCUT2D eigenvalue weighted by atomic mass is 10.1. The fourth-order valence-electron chi connectivity index (χ4n) is 3.13. The molecular weight excluding hydrogens is 408 g/mol. The summed E-state index contributed by atoms with van der Waals surface area (Å²) in [5.41, 5.74) is 3.85. The van der Waals surface area contributed by atoms with Gasteiger partial charge in [0.15, 0.2) is 16.6 Å². The molecule has 0 radical (unpaired) electrons. The molecule has 1 N–H and O–H groups in total. The number of rotatable bonds is 5. The van der Waals surface area contributed by atoms with Gasteiger partial charge < -0.3 is 5.32 Å². The number of carbonyl (C=O) groups is 2. The Kier molecular flexibility index (Phi) is 5.25. The number of nitrogens with one attached hydrogen (secondary N) is 1. The van der Waals surface area contributed by atoms with Crippen LogP contribution in [0.1, 0.15) is 22.8 Å². The number of hydrogen-bond acceptors (Lipinski definition) is 5. The molecule has 0 aliphatic heterocycles.